The Morgan fingerprint density at radius 2 is 1.64 bits per heavy atom. The van der Waals surface area contributed by atoms with Gasteiger partial charge in [0.25, 0.3) is 0 Å². The summed E-state index contributed by atoms with van der Waals surface area (Å²) in [4.78, 5) is 0. The molecule has 2 nitrogen and oxygen atoms in total. The predicted octanol–water partition coefficient (Wildman–Crippen LogP) is 4.23. The van der Waals surface area contributed by atoms with Crippen LogP contribution < -0.4 is 10.6 Å². The number of nitrogens with one attached hydrogen (secondary N) is 2. The molecular formula is C19H24N2S. The van der Waals surface area contributed by atoms with Gasteiger partial charge in [-0.2, -0.15) is 0 Å². The molecule has 0 radical (unpaired) electrons. The summed E-state index contributed by atoms with van der Waals surface area (Å²) in [5.41, 5.74) is 2.61. The molecule has 0 saturated carbocycles. The minimum atomic E-state index is 0.280. The Kier molecular flexibility index (Phi) is 6.91. The standard InChI is InChI=1S/C19H24N2S/c1-2-9-18(17-12-7-4-8-13-17)21-19(22)20-15-14-16-10-5-3-6-11-16/h3-8,10-13,18H,2,9,14-15H2,1H3,(H2,20,21,22)/t18-/m0/s1. The average molecular weight is 312 g/mol. The Morgan fingerprint density at radius 3 is 2.27 bits per heavy atom. The van der Waals surface area contributed by atoms with Crippen molar-refractivity contribution >= 4 is 17.3 Å². The summed E-state index contributed by atoms with van der Waals surface area (Å²) in [6.45, 7) is 3.05. The van der Waals surface area contributed by atoms with E-state index in [1.807, 2.05) is 12.1 Å². The van der Waals surface area contributed by atoms with Gasteiger partial charge in [0.1, 0.15) is 0 Å². The third-order valence-corrected chi connectivity index (χ3v) is 3.89. The van der Waals surface area contributed by atoms with Gasteiger partial charge in [0, 0.05) is 6.54 Å². The van der Waals surface area contributed by atoms with Crippen LogP contribution >= 0.6 is 12.2 Å². The van der Waals surface area contributed by atoms with Crippen molar-refractivity contribution in [2.24, 2.45) is 0 Å². The molecule has 0 aromatic heterocycles. The van der Waals surface area contributed by atoms with Gasteiger partial charge in [0.15, 0.2) is 5.11 Å². The maximum absolute atomic E-state index is 5.44. The summed E-state index contributed by atoms with van der Waals surface area (Å²) in [6, 6.07) is 21.2. The van der Waals surface area contributed by atoms with Gasteiger partial charge in [0.2, 0.25) is 0 Å². The van der Waals surface area contributed by atoms with E-state index in [2.05, 4.69) is 66.1 Å². The number of rotatable bonds is 7. The van der Waals surface area contributed by atoms with E-state index in [4.69, 9.17) is 12.2 Å². The fourth-order valence-corrected chi connectivity index (χ4v) is 2.71. The van der Waals surface area contributed by atoms with Crippen LogP contribution in [0.3, 0.4) is 0 Å². The lowest BCUT2D eigenvalue weighted by molar-refractivity contribution is 0.575. The lowest BCUT2D eigenvalue weighted by atomic mass is 10.0. The smallest absolute Gasteiger partial charge is 0.166 e. The summed E-state index contributed by atoms with van der Waals surface area (Å²) in [5, 5.41) is 7.49. The second kappa shape index (κ2) is 9.21. The van der Waals surface area contributed by atoms with E-state index < -0.39 is 0 Å². The Bertz CT molecular complexity index is 554. The Balaban J connectivity index is 1.81. The summed E-state index contributed by atoms with van der Waals surface area (Å²) in [7, 11) is 0. The van der Waals surface area contributed by atoms with Gasteiger partial charge in [-0.3, -0.25) is 0 Å². The van der Waals surface area contributed by atoms with Gasteiger partial charge in [0.05, 0.1) is 6.04 Å². The summed E-state index contributed by atoms with van der Waals surface area (Å²) < 4.78 is 0. The largest absolute Gasteiger partial charge is 0.362 e. The van der Waals surface area contributed by atoms with E-state index in [0.29, 0.717) is 0 Å². The highest BCUT2D eigenvalue weighted by Crippen LogP contribution is 2.17. The lowest BCUT2D eigenvalue weighted by Gasteiger charge is -2.21. The third kappa shape index (κ3) is 5.49. The van der Waals surface area contributed by atoms with Crippen LogP contribution in [0.15, 0.2) is 60.7 Å². The van der Waals surface area contributed by atoms with Crippen LogP contribution in [0.25, 0.3) is 0 Å². The van der Waals surface area contributed by atoms with E-state index in [-0.39, 0.29) is 6.04 Å². The fraction of sp³-hybridized carbons (Fsp3) is 0.316. The van der Waals surface area contributed by atoms with Crippen molar-refractivity contribution in [3.05, 3.63) is 71.8 Å². The maximum atomic E-state index is 5.44. The van der Waals surface area contributed by atoms with Gasteiger partial charge < -0.3 is 10.6 Å². The molecule has 3 heteroatoms. The van der Waals surface area contributed by atoms with Crippen LogP contribution in [0.2, 0.25) is 0 Å². The van der Waals surface area contributed by atoms with Crippen LogP contribution in [0, 0.1) is 0 Å². The monoisotopic (exact) mass is 312 g/mol. The van der Waals surface area contributed by atoms with Gasteiger partial charge in [-0.25, -0.2) is 0 Å². The predicted molar refractivity (Wildman–Crippen MR) is 98.0 cm³/mol. The molecule has 2 N–H and O–H groups in total. The molecular weight excluding hydrogens is 288 g/mol. The topological polar surface area (TPSA) is 24.1 Å². The van der Waals surface area contributed by atoms with Crippen LogP contribution in [-0.4, -0.2) is 11.7 Å². The van der Waals surface area contributed by atoms with Gasteiger partial charge in [-0.05, 0) is 36.2 Å². The first-order chi connectivity index (χ1) is 10.8. The summed E-state index contributed by atoms with van der Waals surface area (Å²) >= 11 is 5.44. The number of benzene rings is 2. The quantitative estimate of drug-likeness (QED) is 0.748. The molecule has 0 aliphatic rings. The van der Waals surface area contributed by atoms with Crippen LogP contribution in [0.4, 0.5) is 0 Å². The molecule has 116 valence electrons. The van der Waals surface area contributed by atoms with Crippen molar-refractivity contribution in [2.75, 3.05) is 6.54 Å². The zero-order chi connectivity index (χ0) is 15.6. The zero-order valence-corrected chi connectivity index (χ0v) is 13.9. The lowest BCUT2D eigenvalue weighted by Crippen LogP contribution is -2.38. The second-order valence-electron chi connectivity index (χ2n) is 5.39. The van der Waals surface area contributed by atoms with Crippen molar-refractivity contribution < 1.29 is 0 Å². The first-order valence-electron chi connectivity index (χ1n) is 7.93. The van der Waals surface area contributed by atoms with Crippen LogP contribution in [0.1, 0.15) is 36.9 Å². The van der Waals surface area contributed by atoms with E-state index in [9.17, 15) is 0 Å². The third-order valence-electron chi connectivity index (χ3n) is 3.63. The molecule has 22 heavy (non-hydrogen) atoms. The molecule has 0 fully saturated rings. The van der Waals surface area contributed by atoms with Crippen molar-refractivity contribution in [3.8, 4) is 0 Å². The van der Waals surface area contributed by atoms with Crippen LogP contribution in [0.5, 0.6) is 0 Å². The molecule has 2 aromatic rings. The SMILES string of the molecule is CCC[C@H](NC(=S)NCCc1ccccc1)c1ccccc1. The summed E-state index contributed by atoms with van der Waals surface area (Å²) in [6.07, 6.45) is 3.18. The molecule has 0 bridgehead atoms. The molecule has 0 amide bonds. The minimum absolute atomic E-state index is 0.280. The highest BCUT2D eigenvalue weighted by atomic mass is 32.1. The molecule has 0 aliphatic heterocycles. The molecule has 0 aliphatic carbocycles. The molecule has 2 aromatic carbocycles. The van der Waals surface area contributed by atoms with Crippen molar-refractivity contribution in [2.45, 2.75) is 32.2 Å². The Hall–Kier alpha value is -1.87. The van der Waals surface area contributed by atoms with E-state index in [0.717, 1.165) is 30.9 Å². The highest BCUT2D eigenvalue weighted by molar-refractivity contribution is 7.80. The van der Waals surface area contributed by atoms with E-state index in [1.165, 1.54) is 11.1 Å². The van der Waals surface area contributed by atoms with Gasteiger partial charge >= 0.3 is 0 Å². The van der Waals surface area contributed by atoms with Crippen molar-refractivity contribution in [1.29, 1.82) is 0 Å². The van der Waals surface area contributed by atoms with Crippen LogP contribution in [-0.2, 0) is 6.42 Å². The number of hydrogen-bond acceptors (Lipinski definition) is 1. The van der Waals surface area contributed by atoms with Gasteiger partial charge in [-0.1, -0.05) is 74.0 Å². The second-order valence-corrected chi connectivity index (χ2v) is 5.80. The minimum Gasteiger partial charge on any atom is -0.362 e. The van der Waals surface area contributed by atoms with Crippen molar-refractivity contribution in [1.82, 2.24) is 10.6 Å². The number of thiocarbonyl (C=S) groups is 1. The normalized spacial score (nSPS) is 11.7. The fourth-order valence-electron chi connectivity index (χ4n) is 2.47. The summed E-state index contributed by atoms with van der Waals surface area (Å²) in [5.74, 6) is 0. The number of hydrogen-bond donors (Lipinski definition) is 2. The van der Waals surface area contributed by atoms with E-state index >= 15 is 0 Å². The highest BCUT2D eigenvalue weighted by Gasteiger charge is 2.10. The molecule has 2 rings (SSSR count). The zero-order valence-electron chi connectivity index (χ0n) is 13.1. The molecule has 0 unspecified atom stereocenters. The first-order valence-corrected chi connectivity index (χ1v) is 8.33. The Morgan fingerprint density at radius 1 is 1.00 bits per heavy atom. The van der Waals surface area contributed by atoms with E-state index in [1.54, 1.807) is 0 Å². The van der Waals surface area contributed by atoms with Gasteiger partial charge in [-0.15, -0.1) is 0 Å². The molecule has 1 atom stereocenters. The molecule has 0 saturated heterocycles. The average Bonchev–Trinajstić information content (AvgIpc) is 2.56. The first kappa shape index (κ1) is 16.5. The Labute approximate surface area is 139 Å². The van der Waals surface area contributed by atoms with Crippen molar-refractivity contribution in [3.63, 3.8) is 0 Å². The maximum Gasteiger partial charge on any atom is 0.166 e. The molecule has 0 heterocycles. The molecule has 0 spiro atoms.